The van der Waals surface area contributed by atoms with Gasteiger partial charge in [-0.25, -0.2) is 0 Å². The Balaban J connectivity index is 4.71. The van der Waals surface area contributed by atoms with Crippen molar-refractivity contribution in [2.24, 2.45) is 0 Å². The van der Waals surface area contributed by atoms with E-state index in [0.717, 1.165) is 0 Å². The Labute approximate surface area is 77.8 Å². The predicted octanol–water partition coefficient (Wildman–Crippen LogP) is 2.38. The minimum Gasteiger partial charge on any atom is -0.195 e. The number of rotatable bonds is 1. The van der Waals surface area contributed by atoms with Gasteiger partial charge in [0.15, 0.2) is 0 Å². The third-order valence-electron chi connectivity index (χ3n) is 0.675. The van der Waals surface area contributed by atoms with Crippen LogP contribution in [0.3, 0.4) is 0 Å². The van der Waals surface area contributed by atoms with Crippen LogP contribution in [0.4, 0.5) is 0 Å². The highest BCUT2D eigenvalue weighted by molar-refractivity contribution is 6.65. The molecule has 6 heteroatoms. The molecule has 0 radical (unpaired) electrons. The van der Waals surface area contributed by atoms with Gasteiger partial charge in [0.05, 0.1) is 0 Å². The quantitative estimate of drug-likeness (QED) is 0.634. The fourth-order valence-electron chi connectivity index (χ4n) is 0.140. The number of nitriles is 2. The SMILES string of the molecule is N#CC(Cl)(Cl)C(Cl)(Cl)C#N. The Kier molecular flexibility index (Phi) is 3.07. The van der Waals surface area contributed by atoms with Crippen molar-refractivity contribution >= 4 is 46.4 Å². The standard InChI is InChI=1S/C4Cl4N2/c5-3(6,1-9)4(7,8)2-10. The lowest BCUT2D eigenvalue weighted by atomic mass is 10.3. The second kappa shape index (κ2) is 3.03. The Hall–Kier alpha value is 0.140. The van der Waals surface area contributed by atoms with E-state index in [9.17, 15) is 0 Å². The van der Waals surface area contributed by atoms with Crippen LogP contribution in [0, 0.1) is 22.7 Å². The summed E-state index contributed by atoms with van der Waals surface area (Å²) in [7, 11) is 0. The van der Waals surface area contributed by atoms with Gasteiger partial charge < -0.3 is 0 Å². The van der Waals surface area contributed by atoms with E-state index in [1.807, 2.05) is 0 Å². The summed E-state index contributed by atoms with van der Waals surface area (Å²) in [6, 6.07) is 2.75. The smallest absolute Gasteiger partial charge is 0.195 e. The molecule has 0 saturated heterocycles. The van der Waals surface area contributed by atoms with E-state index in [1.165, 1.54) is 12.1 Å². The summed E-state index contributed by atoms with van der Waals surface area (Å²) in [4.78, 5) is 0. The average molecular weight is 218 g/mol. The molecule has 0 saturated carbocycles. The predicted molar refractivity (Wildman–Crippen MR) is 40.1 cm³/mol. The van der Waals surface area contributed by atoms with Crippen molar-refractivity contribution in [1.29, 1.82) is 10.5 Å². The normalized spacial score (nSPS) is 11.8. The van der Waals surface area contributed by atoms with E-state index in [4.69, 9.17) is 56.9 Å². The number of alkyl halides is 4. The maximum absolute atomic E-state index is 8.23. The summed E-state index contributed by atoms with van der Waals surface area (Å²) in [5, 5.41) is 16.5. The molecule has 0 aromatic carbocycles. The largest absolute Gasteiger partial charge is 0.249 e. The van der Waals surface area contributed by atoms with E-state index >= 15 is 0 Å². The molecular weight excluding hydrogens is 218 g/mol. The van der Waals surface area contributed by atoms with Crippen molar-refractivity contribution in [3.05, 3.63) is 0 Å². The van der Waals surface area contributed by atoms with Crippen molar-refractivity contribution in [3.63, 3.8) is 0 Å². The Bertz CT molecular complexity index is 184. The van der Waals surface area contributed by atoms with Crippen LogP contribution in [-0.2, 0) is 0 Å². The molecular formula is C4Cl4N2. The molecule has 0 amide bonds. The maximum Gasteiger partial charge on any atom is 0.249 e. The zero-order valence-electron chi connectivity index (χ0n) is 4.41. The molecule has 0 fully saturated rings. The molecule has 0 aliphatic heterocycles. The molecule has 0 spiro atoms. The molecule has 0 unspecified atom stereocenters. The summed E-state index contributed by atoms with van der Waals surface area (Å²) in [5.74, 6) is 0. The Morgan fingerprint density at radius 2 is 1.00 bits per heavy atom. The Morgan fingerprint density at radius 3 is 1.10 bits per heavy atom. The highest BCUT2D eigenvalue weighted by atomic mass is 35.5. The van der Waals surface area contributed by atoms with Gasteiger partial charge >= 0.3 is 0 Å². The minimum atomic E-state index is -2.09. The molecule has 0 aliphatic carbocycles. The summed E-state index contributed by atoms with van der Waals surface area (Å²) in [6.07, 6.45) is 0. The minimum absolute atomic E-state index is 1.38. The van der Waals surface area contributed by atoms with Gasteiger partial charge in [0.1, 0.15) is 12.1 Å². The number of halogens is 4. The van der Waals surface area contributed by atoms with Crippen molar-refractivity contribution in [2.75, 3.05) is 0 Å². The third-order valence-corrected chi connectivity index (χ3v) is 2.53. The van der Waals surface area contributed by atoms with E-state index < -0.39 is 8.67 Å². The molecule has 0 bridgehead atoms. The van der Waals surface area contributed by atoms with E-state index in [-0.39, 0.29) is 0 Å². The summed E-state index contributed by atoms with van der Waals surface area (Å²) in [6.45, 7) is 0. The zero-order valence-corrected chi connectivity index (χ0v) is 7.43. The fourth-order valence-corrected chi connectivity index (χ4v) is 0.309. The first-order valence-corrected chi connectivity index (χ1v) is 3.47. The van der Waals surface area contributed by atoms with E-state index in [1.54, 1.807) is 0 Å². The average Bonchev–Trinajstić information content (AvgIpc) is 1.88. The molecule has 0 N–H and O–H groups in total. The van der Waals surface area contributed by atoms with Gasteiger partial charge in [0.2, 0.25) is 8.67 Å². The van der Waals surface area contributed by atoms with Crippen LogP contribution in [0.15, 0.2) is 0 Å². The molecule has 0 aromatic heterocycles. The molecule has 0 rings (SSSR count). The first kappa shape index (κ1) is 10.1. The van der Waals surface area contributed by atoms with Crippen LogP contribution in [0.25, 0.3) is 0 Å². The van der Waals surface area contributed by atoms with Gasteiger partial charge in [-0.15, -0.1) is 0 Å². The summed E-state index contributed by atoms with van der Waals surface area (Å²) in [5.41, 5.74) is 0. The fraction of sp³-hybridized carbons (Fsp3) is 0.500. The molecule has 2 nitrogen and oxygen atoms in total. The van der Waals surface area contributed by atoms with Crippen LogP contribution in [0.2, 0.25) is 0 Å². The van der Waals surface area contributed by atoms with Crippen LogP contribution in [-0.4, -0.2) is 8.67 Å². The van der Waals surface area contributed by atoms with Gasteiger partial charge in [0.25, 0.3) is 0 Å². The number of nitrogens with zero attached hydrogens (tertiary/aromatic N) is 2. The molecule has 0 heterocycles. The number of hydrogen-bond donors (Lipinski definition) is 0. The lowest BCUT2D eigenvalue weighted by Gasteiger charge is -2.18. The zero-order chi connectivity index (χ0) is 8.41. The van der Waals surface area contributed by atoms with E-state index in [0.29, 0.717) is 0 Å². The van der Waals surface area contributed by atoms with Crippen LogP contribution < -0.4 is 0 Å². The van der Waals surface area contributed by atoms with Crippen LogP contribution in [0.5, 0.6) is 0 Å². The highest BCUT2D eigenvalue weighted by Gasteiger charge is 2.48. The van der Waals surface area contributed by atoms with Crippen LogP contribution >= 0.6 is 46.4 Å². The second-order valence-corrected chi connectivity index (χ2v) is 4.03. The monoisotopic (exact) mass is 216 g/mol. The lowest BCUT2D eigenvalue weighted by molar-refractivity contribution is 0.932. The second-order valence-electron chi connectivity index (χ2n) is 1.37. The van der Waals surface area contributed by atoms with E-state index in [2.05, 4.69) is 0 Å². The maximum atomic E-state index is 8.23. The summed E-state index contributed by atoms with van der Waals surface area (Å²) < 4.78 is -4.18. The van der Waals surface area contributed by atoms with Crippen molar-refractivity contribution in [2.45, 2.75) is 8.67 Å². The molecule has 10 heavy (non-hydrogen) atoms. The summed E-state index contributed by atoms with van der Waals surface area (Å²) >= 11 is 20.9. The van der Waals surface area contributed by atoms with Crippen molar-refractivity contribution in [3.8, 4) is 12.1 Å². The topological polar surface area (TPSA) is 47.6 Å². The van der Waals surface area contributed by atoms with Gasteiger partial charge in [-0.3, -0.25) is 0 Å². The Morgan fingerprint density at radius 1 is 0.800 bits per heavy atom. The van der Waals surface area contributed by atoms with Gasteiger partial charge in [-0.1, -0.05) is 46.4 Å². The van der Waals surface area contributed by atoms with Crippen molar-refractivity contribution < 1.29 is 0 Å². The third kappa shape index (κ3) is 1.81. The highest BCUT2D eigenvalue weighted by Crippen LogP contribution is 2.41. The molecule has 0 atom stereocenters. The van der Waals surface area contributed by atoms with Crippen LogP contribution in [0.1, 0.15) is 0 Å². The van der Waals surface area contributed by atoms with Gasteiger partial charge in [0, 0.05) is 0 Å². The van der Waals surface area contributed by atoms with Gasteiger partial charge in [-0.2, -0.15) is 10.5 Å². The van der Waals surface area contributed by atoms with Crippen molar-refractivity contribution in [1.82, 2.24) is 0 Å². The number of hydrogen-bond acceptors (Lipinski definition) is 2. The molecule has 0 aromatic rings. The molecule has 0 aliphatic rings. The first-order valence-electron chi connectivity index (χ1n) is 1.95. The first-order chi connectivity index (χ1) is 4.37. The lowest BCUT2D eigenvalue weighted by Crippen LogP contribution is -2.32. The van der Waals surface area contributed by atoms with Gasteiger partial charge in [-0.05, 0) is 0 Å². The molecule has 54 valence electrons.